The van der Waals surface area contributed by atoms with E-state index in [1.807, 2.05) is 13.8 Å². The van der Waals surface area contributed by atoms with E-state index in [9.17, 15) is 9.90 Å². The molecule has 4 nitrogen and oxygen atoms in total. The van der Waals surface area contributed by atoms with Crippen LogP contribution in [0.3, 0.4) is 0 Å². The summed E-state index contributed by atoms with van der Waals surface area (Å²) in [6.45, 7) is 3.75. The van der Waals surface area contributed by atoms with Crippen LogP contribution in [-0.2, 0) is 9.53 Å². The van der Waals surface area contributed by atoms with Crippen molar-refractivity contribution in [2.24, 2.45) is 5.92 Å². The van der Waals surface area contributed by atoms with Gasteiger partial charge >= 0.3 is 5.97 Å². The molecule has 0 bridgehead atoms. The normalized spacial score (nSPS) is 14.3. The van der Waals surface area contributed by atoms with Crippen molar-refractivity contribution in [2.75, 3.05) is 19.0 Å². The molecule has 100 valence electrons. The zero-order valence-electron chi connectivity index (χ0n) is 10.7. The van der Waals surface area contributed by atoms with E-state index in [1.165, 1.54) is 7.11 Å². The standard InChI is InChI=1S/C13H18ClNO3/c1-9(2)13(8-18-3,12(16)17)15-11-6-4-5-10(14)7-11/h4-7,9,15H,8H2,1-3H3,(H,16,17). The number of hydrogen-bond donors (Lipinski definition) is 2. The summed E-state index contributed by atoms with van der Waals surface area (Å²) in [5.41, 5.74) is -0.505. The number of ether oxygens (including phenoxy) is 1. The van der Waals surface area contributed by atoms with Gasteiger partial charge in [-0.1, -0.05) is 31.5 Å². The van der Waals surface area contributed by atoms with Crippen LogP contribution in [0.25, 0.3) is 0 Å². The number of halogens is 1. The number of aliphatic carboxylic acids is 1. The summed E-state index contributed by atoms with van der Waals surface area (Å²) < 4.78 is 5.06. The Morgan fingerprint density at radius 2 is 2.22 bits per heavy atom. The van der Waals surface area contributed by atoms with Gasteiger partial charge in [0.2, 0.25) is 0 Å². The molecule has 0 radical (unpaired) electrons. The molecule has 1 aromatic carbocycles. The Hall–Kier alpha value is -1.26. The van der Waals surface area contributed by atoms with Crippen LogP contribution in [0.4, 0.5) is 5.69 Å². The van der Waals surface area contributed by atoms with E-state index in [0.29, 0.717) is 10.7 Å². The van der Waals surface area contributed by atoms with Crippen LogP contribution in [-0.4, -0.2) is 30.3 Å². The Balaban J connectivity index is 3.08. The lowest BCUT2D eigenvalue weighted by molar-refractivity contribution is -0.146. The molecule has 0 fully saturated rings. The van der Waals surface area contributed by atoms with Crippen LogP contribution < -0.4 is 5.32 Å². The minimum atomic E-state index is -1.17. The van der Waals surface area contributed by atoms with Crippen LogP contribution in [0.5, 0.6) is 0 Å². The van der Waals surface area contributed by atoms with Gasteiger partial charge in [-0.15, -0.1) is 0 Å². The maximum atomic E-state index is 11.6. The summed E-state index contributed by atoms with van der Waals surface area (Å²) >= 11 is 5.89. The van der Waals surface area contributed by atoms with Crippen molar-refractivity contribution in [3.05, 3.63) is 29.3 Å². The highest BCUT2D eigenvalue weighted by Crippen LogP contribution is 2.26. The van der Waals surface area contributed by atoms with Crippen LogP contribution in [0.2, 0.25) is 5.02 Å². The molecule has 0 amide bonds. The second kappa shape index (κ2) is 6.07. The van der Waals surface area contributed by atoms with E-state index < -0.39 is 11.5 Å². The first-order chi connectivity index (χ1) is 8.42. The van der Waals surface area contributed by atoms with E-state index in [-0.39, 0.29) is 12.5 Å². The summed E-state index contributed by atoms with van der Waals surface area (Å²) in [6, 6.07) is 6.98. The number of nitrogens with one attached hydrogen (secondary N) is 1. The molecule has 0 heterocycles. The molecule has 0 saturated carbocycles. The smallest absolute Gasteiger partial charge is 0.332 e. The minimum Gasteiger partial charge on any atom is -0.479 e. The third kappa shape index (κ3) is 3.15. The predicted molar refractivity (Wildman–Crippen MR) is 72.2 cm³/mol. The molecule has 0 aliphatic carbocycles. The number of anilines is 1. The molecule has 18 heavy (non-hydrogen) atoms. The van der Waals surface area contributed by atoms with Gasteiger partial charge in [0.25, 0.3) is 0 Å². The maximum absolute atomic E-state index is 11.6. The van der Waals surface area contributed by atoms with Crippen molar-refractivity contribution in [1.82, 2.24) is 0 Å². The monoisotopic (exact) mass is 271 g/mol. The third-order valence-corrected chi connectivity index (χ3v) is 3.17. The first-order valence-corrected chi connectivity index (χ1v) is 6.06. The number of carboxylic acids is 1. The lowest BCUT2D eigenvalue weighted by Crippen LogP contribution is -2.54. The largest absolute Gasteiger partial charge is 0.479 e. The van der Waals surface area contributed by atoms with Crippen molar-refractivity contribution in [3.8, 4) is 0 Å². The van der Waals surface area contributed by atoms with Gasteiger partial charge in [-0.3, -0.25) is 0 Å². The molecule has 0 aromatic heterocycles. The molecule has 5 heteroatoms. The zero-order chi connectivity index (χ0) is 13.8. The highest BCUT2D eigenvalue weighted by Gasteiger charge is 2.42. The van der Waals surface area contributed by atoms with Crippen molar-refractivity contribution in [1.29, 1.82) is 0 Å². The average molecular weight is 272 g/mol. The Kier molecular flexibility index (Phi) is 4.99. The SMILES string of the molecule is COCC(Nc1cccc(Cl)c1)(C(=O)O)C(C)C. The second-order valence-electron chi connectivity index (χ2n) is 4.50. The molecule has 0 saturated heterocycles. The van der Waals surface area contributed by atoms with E-state index in [0.717, 1.165) is 0 Å². The fourth-order valence-corrected chi connectivity index (χ4v) is 1.95. The lowest BCUT2D eigenvalue weighted by atomic mass is 9.86. The van der Waals surface area contributed by atoms with Crippen molar-refractivity contribution in [3.63, 3.8) is 0 Å². The van der Waals surface area contributed by atoms with Crippen LogP contribution in [0.1, 0.15) is 13.8 Å². The molecule has 0 aliphatic rings. The van der Waals surface area contributed by atoms with Gasteiger partial charge in [-0.2, -0.15) is 0 Å². The molecule has 1 atom stereocenters. The number of methoxy groups -OCH3 is 1. The molecule has 1 aromatic rings. The maximum Gasteiger partial charge on any atom is 0.332 e. The molecule has 1 unspecified atom stereocenters. The summed E-state index contributed by atoms with van der Waals surface area (Å²) in [5.74, 6) is -1.09. The van der Waals surface area contributed by atoms with E-state index >= 15 is 0 Å². The molecule has 0 spiro atoms. The summed E-state index contributed by atoms with van der Waals surface area (Å²) in [4.78, 5) is 11.6. The summed E-state index contributed by atoms with van der Waals surface area (Å²) in [5, 5.41) is 13.1. The van der Waals surface area contributed by atoms with Gasteiger partial charge in [-0.05, 0) is 24.1 Å². The Labute approximate surface area is 112 Å². The number of hydrogen-bond acceptors (Lipinski definition) is 3. The molecule has 0 aliphatic heterocycles. The first kappa shape index (κ1) is 14.8. The van der Waals surface area contributed by atoms with Gasteiger partial charge in [0.1, 0.15) is 0 Å². The van der Waals surface area contributed by atoms with Gasteiger partial charge in [0, 0.05) is 17.8 Å². The summed E-state index contributed by atoms with van der Waals surface area (Å²) in [6.07, 6.45) is 0. The molecular weight excluding hydrogens is 254 g/mol. The van der Waals surface area contributed by atoms with E-state index in [4.69, 9.17) is 16.3 Å². The van der Waals surface area contributed by atoms with Gasteiger partial charge < -0.3 is 15.2 Å². The van der Waals surface area contributed by atoms with Crippen molar-refractivity contribution in [2.45, 2.75) is 19.4 Å². The molecular formula is C13H18ClNO3. The number of rotatable bonds is 6. The topological polar surface area (TPSA) is 58.6 Å². The first-order valence-electron chi connectivity index (χ1n) is 5.68. The highest BCUT2D eigenvalue weighted by molar-refractivity contribution is 6.30. The average Bonchev–Trinajstić information content (AvgIpc) is 2.27. The van der Waals surface area contributed by atoms with E-state index in [1.54, 1.807) is 24.3 Å². The van der Waals surface area contributed by atoms with Gasteiger partial charge in [0.15, 0.2) is 5.54 Å². The van der Waals surface area contributed by atoms with Crippen LogP contribution >= 0.6 is 11.6 Å². The van der Waals surface area contributed by atoms with Gasteiger partial charge in [0.05, 0.1) is 6.61 Å². The van der Waals surface area contributed by atoms with E-state index in [2.05, 4.69) is 5.32 Å². The Morgan fingerprint density at radius 1 is 1.56 bits per heavy atom. The Bertz CT molecular complexity index is 422. The van der Waals surface area contributed by atoms with Crippen molar-refractivity contribution < 1.29 is 14.6 Å². The molecule has 2 N–H and O–H groups in total. The predicted octanol–water partition coefficient (Wildman–Crippen LogP) is 2.88. The van der Waals surface area contributed by atoms with Crippen LogP contribution in [0.15, 0.2) is 24.3 Å². The molecule has 1 rings (SSSR count). The zero-order valence-corrected chi connectivity index (χ0v) is 11.5. The van der Waals surface area contributed by atoms with Gasteiger partial charge in [-0.25, -0.2) is 4.79 Å². The number of carboxylic acid groups (broad SMARTS) is 1. The third-order valence-electron chi connectivity index (χ3n) is 2.93. The quantitative estimate of drug-likeness (QED) is 0.835. The number of carbonyl (C=O) groups is 1. The summed E-state index contributed by atoms with van der Waals surface area (Å²) in [7, 11) is 1.49. The van der Waals surface area contributed by atoms with Crippen molar-refractivity contribution >= 4 is 23.3 Å². The van der Waals surface area contributed by atoms with Crippen LogP contribution in [0, 0.1) is 5.92 Å². The highest BCUT2D eigenvalue weighted by atomic mass is 35.5. The second-order valence-corrected chi connectivity index (χ2v) is 4.94. The number of benzene rings is 1. The lowest BCUT2D eigenvalue weighted by Gasteiger charge is -2.34. The fraction of sp³-hybridized carbons (Fsp3) is 0.462. The minimum absolute atomic E-state index is 0.0759. The Morgan fingerprint density at radius 3 is 2.67 bits per heavy atom. The fourth-order valence-electron chi connectivity index (χ4n) is 1.76.